The number of benzene rings is 7. The number of rotatable bonds is 7. The predicted octanol–water partition coefficient (Wildman–Crippen LogP) is 15.2. The third-order valence-corrected chi connectivity index (χ3v) is 13.4. The highest BCUT2D eigenvalue weighted by Crippen LogP contribution is 2.60. The van der Waals surface area contributed by atoms with Crippen molar-refractivity contribution in [2.24, 2.45) is 11.3 Å². The molecule has 0 saturated heterocycles. The molecule has 0 bridgehead atoms. The molecule has 4 aliphatic rings. The zero-order valence-corrected chi connectivity index (χ0v) is 34.7. The molecule has 1 N–H and O–H groups in total. The summed E-state index contributed by atoms with van der Waals surface area (Å²) in [7, 11) is 0. The molecular weight excluding hydrogens is 737 g/mol. The second-order valence-electron chi connectivity index (χ2n) is 17.1. The van der Waals surface area contributed by atoms with Gasteiger partial charge in [0.15, 0.2) is 0 Å². The number of fused-ring (bicyclic) bond motifs is 3. The molecule has 0 amide bonds. The molecule has 0 fully saturated rings. The minimum atomic E-state index is -0.355. The molecule has 0 saturated carbocycles. The zero-order valence-electron chi connectivity index (χ0n) is 34.7. The SMILES string of the molecule is CC1C=CC(c2ccccc2C2=C3C=C(c4ccc([C@H]5Nc6ccccc6N5c5ccccc5)cc4)C=CC3(C)C(c3ccccc3-c3ccccc3)c3ccccc32)=CC1. The van der Waals surface area contributed by atoms with E-state index >= 15 is 0 Å². The van der Waals surface area contributed by atoms with E-state index in [1.54, 1.807) is 0 Å². The van der Waals surface area contributed by atoms with Crippen molar-refractivity contribution in [3.8, 4) is 11.1 Å². The minimum Gasteiger partial charge on any atom is -0.359 e. The van der Waals surface area contributed by atoms with Crippen molar-refractivity contribution in [2.45, 2.75) is 32.4 Å². The van der Waals surface area contributed by atoms with E-state index in [0.29, 0.717) is 5.92 Å². The molecule has 11 rings (SSSR count). The summed E-state index contributed by atoms with van der Waals surface area (Å²) >= 11 is 0. The smallest absolute Gasteiger partial charge is 0.130 e. The largest absolute Gasteiger partial charge is 0.359 e. The number of allylic oxidation sites excluding steroid dienone is 9. The van der Waals surface area contributed by atoms with E-state index in [0.717, 1.165) is 12.1 Å². The van der Waals surface area contributed by atoms with E-state index in [1.807, 2.05) is 0 Å². The topological polar surface area (TPSA) is 15.3 Å². The van der Waals surface area contributed by atoms with Crippen LogP contribution >= 0.6 is 0 Å². The second kappa shape index (κ2) is 15.1. The molecule has 0 spiro atoms. The maximum Gasteiger partial charge on any atom is 0.130 e. The monoisotopic (exact) mass is 784 g/mol. The number of hydrogen-bond donors (Lipinski definition) is 1. The number of nitrogens with zero attached hydrogens (tertiary/aromatic N) is 1. The summed E-state index contributed by atoms with van der Waals surface area (Å²) in [4.78, 5) is 2.41. The molecule has 2 nitrogen and oxygen atoms in total. The Labute approximate surface area is 360 Å². The van der Waals surface area contributed by atoms with Gasteiger partial charge in [-0.1, -0.05) is 202 Å². The Morgan fingerprint density at radius 3 is 1.92 bits per heavy atom. The van der Waals surface area contributed by atoms with Crippen LogP contribution in [0.4, 0.5) is 17.1 Å². The summed E-state index contributed by atoms with van der Waals surface area (Å²) in [5.41, 5.74) is 19.9. The van der Waals surface area contributed by atoms with Crippen LogP contribution in [0.15, 0.2) is 224 Å². The average molecular weight is 785 g/mol. The van der Waals surface area contributed by atoms with Gasteiger partial charge in [0, 0.05) is 17.0 Å². The van der Waals surface area contributed by atoms with Gasteiger partial charge in [0.05, 0.1) is 11.4 Å². The van der Waals surface area contributed by atoms with Crippen molar-refractivity contribution < 1.29 is 0 Å². The lowest BCUT2D eigenvalue weighted by molar-refractivity contribution is 0.450. The van der Waals surface area contributed by atoms with Crippen molar-refractivity contribution in [1.29, 1.82) is 0 Å². The van der Waals surface area contributed by atoms with Gasteiger partial charge >= 0.3 is 0 Å². The molecule has 7 aromatic rings. The highest BCUT2D eigenvalue weighted by atomic mass is 15.3. The average Bonchev–Trinajstić information content (AvgIpc) is 3.71. The van der Waals surface area contributed by atoms with Crippen LogP contribution in [-0.2, 0) is 0 Å². The van der Waals surface area contributed by atoms with Gasteiger partial charge in [-0.05, 0) is 115 Å². The molecule has 7 aromatic carbocycles. The third-order valence-electron chi connectivity index (χ3n) is 13.4. The van der Waals surface area contributed by atoms with Gasteiger partial charge in [0.1, 0.15) is 6.17 Å². The van der Waals surface area contributed by atoms with Crippen molar-refractivity contribution in [1.82, 2.24) is 0 Å². The molecular formula is C59H48N2. The van der Waals surface area contributed by atoms with Crippen molar-refractivity contribution in [2.75, 3.05) is 10.2 Å². The molecule has 0 aromatic heterocycles. The van der Waals surface area contributed by atoms with E-state index < -0.39 is 0 Å². The lowest BCUT2D eigenvalue weighted by Gasteiger charge is -2.46. The third kappa shape index (κ3) is 6.33. The fourth-order valence-electron chi connectivity index (χ4n) is 10.3. The number of para-hydroxylation sites is 3. The molecule has 1 aliphatic heterocycles. The highest BCUT2D eigenvalue weighted by Gasteiger charge is 2.46. The van der Waals surface area contributed by atoms with Gasteiger partial charge < -0.3 is 10.2 Å². The van der Waals surface area contributed by atoms with Crippen LogP contribution < -0.4 is 10.2 Å². The Morgan fingerprint density at radius 1 is 0.557 bits per heavy atom. The molecule has 0 radical (unpaired) electrons. The van der Waals surface area contributed by atoms with Crippen LogP contribution in [-0.4, -0.2) is 0 Å². The predicted molar refractivity (Wildman–Crippen MR) is 257 cm³/mol. The summed E-state index contributed by atoms with van der Waals surface area (Å²) in [6, 6.07) is 66.8. The first-order valence-corrected chi connectivity index (χ1v) is 21.7. The second-order valence-corrected chi connectivity index (χ2v) is 17.1. The number of anilines is 3. The quantitative estimate of drug-likeness (QED) is 0.173. The van der Waals surface area contributed by atoms with Gasteiger partial charge in [-0.25, -0.2) is 0 Å². The van der Waals surface area contributed by atoms with Crippen molar-refractivity contribution in [3.63, 3.8) is 0 Å². The van der Waals surface area contributed by atoms with Gasteiger partial charge in [0.2, 0.25) is 0 Å². The maximum atomic E-state index is 3.83. The van der Waals surface area contributed by atoms with Crippen LogP contribution in [0.25, 0.3) is 27.8 Å². The highest BCUT2D eigenvalue weighted by molar-refractivity contribution is 5.97. The lowest BCUT2D eigenvalue weighted by Crippen LogP contribution is -2.33. The van der Waals surface area contributed by atoms with Gasteiger partial charge in [-0.2, -0.15) is 0 Å². The summed E-state index contributed by atoms with van der Waals surface area (Å²) < 4.78 is 0. The fourth-order valence-corrected chi connectivity index (χ4v) is 10.3. The first-order chi connectivity index (χ1) is 30.0. The first kappa shape index (κ1) is 36.9. The summed E-state index contributed by atoms with van der Waals surface area (Å²) in [6.45, 7) is 4.77. The summed E-state index contributed by atoms with van der Waals surface area (Å²) in [5.74, 6) is 0.625. The van der Waals surface area contributed by atoms with Crippen LogP contribution in [0.1, 0.15) is 71.3 Å². The molecule has 2 heteroatoms. The van der Waals surface area contributed by atoms with E-state index in [-0.39, 0.29) is 17.5 Å². The van der Waals surface area contributed by atoms with E-state index in [4.69, 9.17) is 0 Å². The molecule has 294 valence electrons. The fraction of sp³-hybridized carbons (Fsp3) is 0.119. The van der Waals surface area contributed by atoms with Gasteiger partial charge in [0.25, 0.3) is 0 Å². The van der Waals surface area contributed by atoms with E-state index in [9.17, 15) is 0 Å². The van der Waals surface area contributed by atoms with E-state index in [1.165, 1.54) is 83.7 Å². The lowest BCUT2D eigenvalue weighted by atomic mass is 9.56. The molecule has 3 aliphatic carbocycles. The van der Waals surface area contributed by atoms with E-state index in [2.05, 4.69) is 243 Å². The molecule has 1 heterocycles. The molecule has 61 heavy (non-hydrogen) atoms. The Hall–Kier alpha value is -7.16. The summed E-state index contributed by atoms with van der Waals surface area (Å²) in [5, 5.41) is 3.83. The Morgan fingerprint density at radius 2 is 1.18 bits per heavy atom. The number of hydrogen-bond acceptors (Lipinski definition) is 2. The molecule has 3 unspecified atom stereocenters. The van der Waals surface area contributed by atoms with Crippen LogP contribution in [0.3, 0.4) is 0 Å². The Kier molecular flexibility index (Phi) is 9.16. The van der Waals surface area contributed by atoms with Crippen LogP contribution in [0, 0.1) is 11.3 Å². The van der Waals surface area contributed by atoms with Crippen LogP contribution in [0.5, 0.6) is 0 Å². The first-order valence-electron chi connectivity index (χ1n) is 21.7. The van der Waals surface area contributed by atoms with Crippen molar-refractivity contribution >= 4 is 33.8 Å². The number of nitrogens with one attached hydrogen (secondary N) is 1. The normalized spacial score (nSPS) is 21.2. The zero-order chi connectivity index (χ0) is 40.9. The Balaban J connectivity index is 1.08. The van der Waals surface area contributed by atoms with Gasteiger partial charge in [-0.15, -0.1) is 0 Å². The maximum absolute atomic E-state index is 3.83. The Bertz CT molecular complexity index is 2950. The molecule has 4 atom stereocenters. The minimum absolute atomic E-state index is 0.0229. The summed E-state index contributed by atoms with van der Waals surface area (Å²) in [6.07, 6.45) is 15.6. The van der Waals surface area contributed by atoms with Crippen LogP contribution in [0.2, 0.25) is 0 Å². The standard InChI is InChI=1S/C59H48N2/c1-40-29-31-43(32-30-40)47-21-9-11-23-49(47)56-50-24-12-14-26-52(50)57(51-25-13-10-22-48(51)42-17-5-3-6-18-42)59(2)38-37-45(39-53(56)59)41-33-35-44(36-34-41)58-60-54-27-15-16-28-55(54)61(58)46-19-7-4-8-20-46/h3-29,31-40,57-58,60H,30H2,1-2H3/t40?,57?,58-,59?/m0/s1. The van der Waals surface area contributed by atoms with Gasteiger partial charge in [-0.3, -0.25) is 0 Å². The van der Waals surface area contributed by atoms with Crippen molar-refractivity contribution in [3.05, 3.63) is 263 Å².